The summed E-state index contributed by atoms with van der Waals surface area (Å²) in [5.74, 6) is 0. The van der Waals surface area contributed by atoms with Gasteiger partial charge in [0, 0.05) is 12.7 Å². The van der Waals surface area contributed by atoms with E-state index in [-0.39, 0.29) is 26.2 Å². The van der Waals surface area contributed by atoms with E-state index in [9.17, 15) is 0 Å². The van der Waals surface area contributed by atoms with Gasteiger partial charge in [0.15, 0.2) is 0 Å². The van der Waals surface area contributed by atoms with Crippen molar-refractivity contribution in [3.8, 4) is 0 Å². The van der Waals surface area contributed by atoms with E-state index in [0.717, 1.165) is 38.4 Å². The van der Waals surface area contributed by atoms with Crippen molar-refractivity contribution in [2.24, 2.45) is 0 Å². The van der Waals surface area contributed by atoms with E-state index in [0.29, 0.717) is 0 Å². The third-order valence-electron chi connectivity index (χ3n) is 3.12. The quantitative estimate of drug-likeness (QED) is 0.384. The molecule has 0 aliphatic carbocycles. The Bertz CT molecular complexity index is 431. The second kappa shape index (κ2) is 20.2. The van der Waals surface area contributed by atoms with Gasteiger partial charge in [-0.15, -0.1) is 13.1 Å². The summed E-state index contributed by atoms with van der Waals surface area (Å²) in [6, 6.07) is 6.12. The van der Waals surface area contributed by atoms with E-state index < -0.39 is 16.5 Å². The summed E-state index contributed by atoms with van der Waals surface area (Å²) in [5, 5.41) is 7.00. The fraction of sp³-hybridized carbons (Fsp3) is 0.750. The van der Waals surface area contributed by atoms with Gasteiger partial charge >= 0.3 is 26.2 Å². The number of rotatable bonds is 10. The fourth-order valence-corrected chi connectivity index (χ4v) is 3.59. The molecule has 0 bridgehead atoms. The maximum Gasteiger partial charge on any atom is 4.00 e. The van der Waals surface area contributed by atoms with E-state index in [1.54, 1.807) is 28.2 Å². The minimum absolute atomic E-state index is 0. The molecule has 29 heavy (non-hydrogen) atoms. The van der Waals surface area contributed by atoms with Crippen molar-refractivity contribution in [1.29, 1.82) is 0 Å². The Hall–Kier alpha value is 0.267. The molecule has 0 fully saturated rings. The number of pyridine rings is 1. The summed E-state index contributed by atoms with van der Waals surface area (Å²) in [6.45, 7) is 18.5. The monoisotopic (exact) mass is 514 g/mol. The van der Waals surface area contributed by atoms with Gasteiger partial charge in [-0.25, -0.2) is 0 Å². The van der Waals surface area contributed by atoms with Gasteiger partial charge in [-0.1, -0.05) is 61.8 Å². The Morgan fingerprint density at radius 3 is 1.52 bits per heavy atom. The molecule has 0 saturated heterocycles. The van der Waals surface area contributed by atoms with Crippen LogP contribution in [0, 0.1) is 0 Å². The van der Waals surface area contributed by atoms with Crippen LogP contribution < -0.4 is 0 Å². The van der Waals surface area contributed by atoms with Gasteiger partial charge in [0.2, 0.25) is 0 Å². The average molecular weight is 516 g/mol. The van der Waals surface area contributed by atoms with Gasteiger partial charge in [0.05, 0.1) is 5.69 Å². The standard InChI is InChI=1S/C16H32N4Si2.2C2H6N.Zr/c1-21(2,3)18-11-13-20(14-12-19-22(4,5)6)15-16-9-7-8-10-17-16;2*1-3-2;/h7-10H,11-15H2,1-6H3;2*1-2H3;/q-2;2*-1;+4. The van der Waals surface area contributed by atoms with E-state index in [4.69, 9.17) is 9.96 Å². The van der Waals surface area contributed by atoms with Crippen LogP contribution in [0.1, 0.15) is 5.69 Å². The Labute approximate surface area is 202 Å². The molecule has 166 valence electrons. The topological polar surface area (TPSA) is 72.5 Å². The molecule has 9 heteroatoms. The van der Waals surface area contributed by atoms with Crippen molar-refractivity contribution >= 4 is 16.5 Å². The second-order valence-electron chi connectivity index (χ2n) is 8.60. The molecule has 0 aliphatic heterocycles. The van der Waals surface area contributed by atoms with E-state index >= 15 is 0 Å². The predicted molar refractivity (Wildman–Crippen MR) is 133 cm³/mol. The second-order valence-corrected chi connectivity index (χ2v) is 17.9. The van der Waals surface area contributed by atoms with Gasteiger partial charge in [-0.3, -0.25) is 4.98 Å². The summed E-state index contributed by atoms with van der Waals surface area (Å²) in [5.41, 5.74) is 1.13. The van der Waals surface area contributed by atoms with E-state index in [2.05, 4.69) is 71.9 Å². The first kappa shape index (κ1) is 33.9. The Morgan fingerprint density at radius 1 is 0.793 bits per heavy atom. The van der Waals surface area contributed by atoms with Gasteiger partial charge in [-0.2, -0.15) is 28.2 Å². The van der Waals surface area contributed by atoms with Crippen LogP contribution in [0.5, 0.6) is 0 Å². The Morgan fingerprint density at radius 2 is 1.21 bits per heavy atom. The summed E-state index contributed by atoms with van der Waals surface area (Å²) >= 11 is 0. The number of nitrogens with zero attached hydrogens (tertiary/aromatic N) is 6. The molecule has 1 heterocycles. The minimum atomic E-state index is -1.31. The number of hydrogen-bond donors (Lipinski definition) is 0. The van der Waals surface area contributed by atoms with Crippen LogP contribution in [0.4, 0.5) is 0 Å². The summed E-state index contributed by atoms with van der Waals surface area (Å²) in [7, 11) is 4.38. The number of hydrogen-bond acceptors (Lipinski definition) is 2. The van der Waals surface area contributed by atoms with Crippen LogP contribution in [-0.2, 0) is 32.7 Å². The van der Waals surface area contributed by atoms with Crippen LogP contribution in [0.2, 0.25) is 39.3 Å². The molecule has 6 nitrogen and oxygen atoms in total. The van der Waals surface area contributed by atoms with E-state index in [1.807, 2.05) is 12.3 Å². The van der Waals surface area contributed by atoms with Gasteiger partial charge in [-0.05, 0) is 25.2 Å². The Balaban J connectivity index is -0.000000857. The first-order valence-electron chi connectivity index (χ1n) is 9.94. The van der Waals surface area contributed by atoms with Crippen LogP contribution >= 0.6 is 0 Å². The van der Waals surface area contributed by atoms with Crippen LogP contribution in [0.25, 0.3) is 20.6 Å². The summed E-state index contributed by atoms with van der Waals surface area (Å²) in [4.78, 5) is 16.6. The van der Waals surface area contributed by atoms with Crippen molar-refractivity contribution in [3.63, 3.8) is 0 Å². The smallest absolute Gasteiger partial charge is 0.668 e. The van der Waals surface area contributed by atoms with Crippen LogP contribution in [-0.4, -0.2) is 80.7 Å². The summed E-state index contributed by atoms with van der Waals surface area (Å²) in [6.07, 6.45) is 1.87. The first-order chi connectivity index (χ1) is 13.0. The maximum absolute atomic E-state index is 4.85. The molecular formula is C20H44N6Si2Zr. The third kappa shape index (κ3) is 28.3. The van der Waals surface area contributed by atoms with Gasteiger partial charge in [0.1, 0.15) is 0 Å². The van der Waals surface area contributed by atoms with Crippen molar-refractivity contribution in [2.45, 2.75) is 45.8 Å². The molecule has 0 radical (unpaired) electrons. The molecule has 0 saturated carbocycles. The number of aromatic nitrogens is 1. The molecule has 0 unspecified atom stereocenters. The normalized spacial score (nSPS) is 11.0. The summed E-state index contributed by atoms with van der Waals surface area (Å²) < 4.78 is 0. The zero-order chi connectivity index (χ0) is 22.1. The predicted octanol–water partition coefficient (Wildman–Crippen LogP) is 5.54. The molecule has 0 spiro atoms. The fourth-order valence-electron chi connectivity index (χ4n) is 2.04. The van der Waals surface area contributed by atoms with Crippen LogP contribution in [0.15, 0.2) is 24.4 Å². The third-order valence-corrected chi connectivity index (χ3v) is 5.46. The van der Waals surface area contributed by atoms with Crippen molar-refractivity contribution in [1.82, 2.24) is 9.88 Å². The molecule has 0 atom stereocenters. The van der Waals surface area contributed by atoms with Crippen molar-refractivity contribution in [2.75, 3.05) is 54.4 Å². The minimum Gasteiger partial charge on any atom is -0.668 e. The Kier molecular flexibility index (Phi) is 23.6. The first-order valence-corrected chi connectivity index (χ1v) is 16.8. The largest absolute Gasteiger partial charge is 4.00 e. The van der Waals surface area contributed by atoms with Crippen LogP contribution in [0.3, 0.4) is 0 Å². The molecular weight excluding hydrogens is 472 g/mol. The SMILES string of the molecule is C[N-]C.C[N-]C.C[Si](C)(C)[N-]CCN(CC[N-][Si](C)(C)C)Cc1ccccn1.[Zr+4]. The molecule has 0 N–H and O–H groups in total. The molecule has 1 aromatic rings. The molecule has 0 amide bonds. The molecule has 0 aliphatic rings. The van der Waals surface area contributed by atoms with Gasteiger partial charge in [0.25, 0.3) is 0 Å². The molecule has 1 rings (SSSR count). The van der Waals surface area contributed by atoms with Crippen molar-refractivity contribution < 1.29 is 26.2 Å². The van der Waals surface area contributed by atoms with E-state index in [1.165, 1.54) is 0 Å². The molecule has 0 aromatic carbocycles. The average Bonchev–Trinajstić information content (AvgIpc) is 2.55. The zero-order valence-corrected chi connectivity index (χ0v) is 25.0. The zero-order valence-electron chi connectivity index (χ0n) is 20.5. The molecule has 1 aromatic heterocycles. The van der Waals surface area contributed by atoms with Gasteiger partial charge < -0.3 is 25.5 Å². The van der Waals surface area contributed by atoms with Crippen molar-refractivity contribution in [3.05, 3.63) is 50.7 Å². The maximum atomic E-state index is 4.85.